The summed E-state index contributed by atoms with van der Waals surface area (Å²) in [7, 11) is 0. The highest BCUT2D eigenvalue weighted by Crippen LogP contribution is 2.12. The lowest BCUT2D eigenvalue weighted by molar-refractivity contribution is 0.0628. The molecule has 2 aromatic rings. The first-order chi connectivity index (χ1) is 11.3. The highest BCUT2D eigenvalue weighted by molar-refractivity contribution is 5.94. The van der Waals surface area contributed by atoms with E-state index in [9.17, 15) is 4.79 Å². The summed E-state index contributed by atoms with van der Waals surface area (Å²) in [6, 6.07) is 18.1. The van der Waals surface area contributed by atoms with Gasteiger partial charge in [-0.15, -0.1) is 12.4 Å². The lowest BCUT2D eigenvalue weighted by Crippen LogP contribution is -2.48. The van der Waals surface area contributed by atoms with Crippen molar-refractivity contribution in [3.8, 4) is 0 Å². The molecule has 5 heteroatoms. The Labute approximate surface area is 149 Å². The van der Waals surface area contributed by atoms with E-state index in [0.29, 0.717) is 6.54 Å². The third-order valence-electron chi connectivity index (χ3n) is 4.35. The molecule has 1 aliphatic rings. The summed E-state index contributed by atoms with van der Waals surface area (Å²) < 4.78 is 0. The van der Waals surface area contributed by atoms with Crippen LogP contribution < -0.4 is 5.73 Å². The second kappa shape index (κ2) is 8.83. The van der Waals surface area contributed by atoms with Gasteiger partial charge in [0.25, 0.3) is 5.91 Å². The van der Waals surface area contributed by atoms with Crippen molar-refractivity contribution in [3.63, 3.8) is 0 Å². The van der Waals surface area contributed by atoms with Gasteiger partial charge in [0, 0.05) is 44.8 Å². The molecule has 1 heterocycles. The Bertz CT molecular complexity index is 637. The molecule has 1 amide bonds. The number of carbonyl (C=O) groups excluding carboxylic acids is 1. The molecule has 1 fully saturated rings. The Morgan fingerprint density at radius 3 is 2.08 bits per heavy atom. The van der Waals surface area contributed by atoms with E-state index in [4.69, 9.17) is 5.73 Å². The van der Waals surface area contributed by atoms with Crippen LogP contribution in [0.5, 0.6) is 0 Å². The molecule has 0 radical (unpaired) electrons. The first-order valence-electron chi connectivity index (χ1n) is 8.11. The molecule has 0 unspecified atom stereocenters. The molecule has 0 atom stereocenters. The second-order valence-electron chi connectivity index (χ2n) is 5.95. The average molecular weight is 346 g/mol. The summed E-state index contributed by atoms with van der Waals surface area (Å²) in [6.45, 7) is 4.86. The lowest BCUT2D eigenvalue weighted by Gasteiger charge is -2.34. The molecule has 3 rings (SSSR count). The summed E-state index contributed by atoms with van der Waals surface area (Å²) >= 11 is 0. The van der Waals surface area contributed by atoms with Gasteiger partial charge in [0.1, 0.15) is 0 Å². The predicted molar refractivity (Wildman–Crippen MR) is 99.2 cm³/mol. The minimum atomic E-state index is 0. The van der Waals surface area contributed by atoms with Gasteiger partial charge in [-0.05, 0) is 23.3 Å². The van der Waals surface area contributed by atoms with Crippen molar-refractivity contribution >= 4 is 18.3 Å². The number of hydrogen-bond donors (Lipinski definition) is 1. The van der Waals surface area contributed by atoms with E-state index in [1.807, 2.05) is 35.2 Å². The van der Waals surface area contributed by atoms with Crippen molar-refractivity contribution in [2.24, 2.45) is 5.73 Å². The van der Waals surface area contributed by atoms with E-state index in [2.05, 4.69) is 29.2 Å². The fourth-order valence-corrected chi connectivity index (χ4v) is 2.92. The van der Waals surface area contributed by atoms with Crippen LogP contribution in [0.1, 0.15) is 21.5 Å². The largest absolute Gasteiger partial charge is 0.336 e. The number of benzene rings is 2. The van der Waals surface area contributed by atoms with Crippen molar-refractivity contribution in [2.45, 2.75) is 13.1 Å². The zero-order chi connectivity index (χ0) is 16.1. The molecule has 0 aliphatic carbocycles. The van der Waals surface area contributed by atoms with Gasteiger partial charge in [0.15, 0.2) is 0 Å². The summed E-state index contributed by atoms with van der Waals surface area (Å²) in [5.41, 5.74) is 8.72. The summed E-state index contributed by atoms with van der Waals surface area (Å²) in [5.74, 6) is 0.118. The Morgan fingerprint density at radius 2 is 1.50 bits per heavy atom. The monoisotopic (exact) mass is 345 g/mol. The van der Waals surface area contributed by atoms with Gasteiger partial charge in [0.05, 0.1) is 0 Å². The topological polar surface area (TPSA) is 49.6 Å². The third kappa shape index (κ3) is 4.57. The number of rotatable bonds is 4. The van der Waals surface area contributed by atoms with E-state index in [1.165, 1.54) is 5.56 Å². The molecular formula is C19H24ClN3O. The molecule has 1 aliphatic heterocycles. The minimum absolute atomic E-state index is 0. The molecule has 24 heavy (non-hydrogen) atoms. The van der Waals surface area contributed by atoms with Gasteiger partial charge >= 0.3 is 0 Å². The Hall–Kier alpha value is -1.88. The second-order valence-corrected chi connectivity index (χ2v) is 5.95. The van der Waals surface area contributed by atoms with Crippen LogP contribution in [0.3, 0.4) is 0 Å². The van der Waals surface area contributed by atoms with Crippen LogP contribution in [0.2, 0.25) is 0 Å². The number of piperazine rings is 1. The fraction of sp³-hybridized carbons (Fsp3) is 0.316. The smallest absolute Gasteiger partial charge is 0.253 e. The maximum Gasteiger partial charge on any atom is 0.253 e. The van der Waals surface area contributed by atoms with Crippen molar-refractivity contribution in [1.82, 2.24) is 9.80 Å². The molecule has 2 N–H and O–H groups in total. The molecule has 0 bridgehead atoms. The summed E-state index contributed by atoms with van der Waals surface area (Å²) in [6.07, 6.45) is 0. The van der Waals surface area contributed by atoms with Crippen molar-refractivity contribution in [2.75, 3.05) is 26.2 Å². The number of amides is 1. The first-order valence-corrected chi connectivity index (χ1v) is 8.11. The lowest BCUT2D eigenvalue weighted by atomic mass is 10.1. The maximum absolute atomic E-state index is 12.5. The number of halogens is 1. The molecular weight excluding hydrogens is 322 g/mol. The number of nitrogens with zero attached hydrogens (tertiary/aromatic N) is 2. The maximum atomic E-state index is 12.5. The van der Waals surface area contributed by atoms with Crippen molar-refractivity contribution in [1.29, 1.82) is 0 Å². The normalized spacial score (nSPS) is 15.0. The number of hydrogen-bond acceptors (Lipinski definition) is 3. The van der Waals surface area contributed by atoms with Crippen LogP contribution in [0, 0.1) is 0 Å². The summed E-state index contributed by atoms with van der Waals surface area (Å²) in [5, 5.41) is 0. The van der Waals surface area contributed by atoms with E-state index < -0.39 is 0 Å². The zero-order valence-corrected chi connectivity index (χ0v) is 14.5. The van der Waals surface area contributed by atoms with Crippen LogP contribution >= 0.6 is 12.4 Å². The van der Waals surface area contributed by atoms with E-state index in [0.717, 1.165) is 43.9 Å². The number of nitrogens with two attached hydrogens (primary N) is 1. The molecule has 0 spiro atoms. The van der Waals surface area contributed by atoms with Gasteiger partial charge in [-0.2, -0.15) is 0 Å². The third-order valence-corrected chi connectivity index (χ3v) is 4.35. The van der Waals surface area contributed by atoms with Crippen LogP contribution in [0.25, 0.3) is 0 Å². The quantitative estimate of drug-likeness (QED) is 0.926. The molecule has 128 valence electrons. The standard InChI is InChI=1S/C19H23N3O.ClH/c20-14-16-6-8-18(9-7-16)19(23)22-12-10-21(11-13-22)15-17-4-2-1-3-5-17;/h1-9H,10-15,20H2;1H. The van der Waals surface area contributed by atoms with Crippen molar-refractivity contribution in [3.05, 3.63) is 71.3 Å². The highest BCUT2D eigenvalue weighted by atomic mass is 35.5. The number of carbonyl (C=O) groups is 1. The average Bonchev–Trinajstić information content (AvgIpc) is 2.63. The Balaban J connectivity index is 0.00000208. The van der Waals surface area contributed by atoms with Crippen LogP contribution in [-0.4, -0.2) is 41.9 Å². The molecule has 4 nitrogen and oxygen atoms in total. The molecule has 2 aromatic carbocycles. The van der Waals surface area contributed by atoms with Crippen molar-refractivity contribution < 1.29 is 4.79 Å². The zero-order valence-electron chi connectivity index (χ0n) is 13.7. The first kappa shape index (κ1) is 18.5. The molecule has 0 saturated carbocycles. The Kier molecular flexibility index (Phi) is 6.79. The predicted octanol–water partition coefficient (Wildman–Crippen LogP) is 2.53. The van der Waals surface area contributed by atoms with Gasteiger partial charge < -0.3 is 10.6 Å². The highest BCUT2D eigenvalue weighted by Gasteiger charge is 2.22. The van der Waals surface area contributed by atoms with Gasteiger partial charge in [-0.25, -0.2) is 0 Å². The van der Waals surface area contributed by atoms with Crippen LogP contribution in [0.4, 0.5) is 0 Å². The van der Waals surface area contributed by atoms with Crippen LogP contribution in [-0.2, 0) is 13.1 Å². The van der Waals surface area contributed by atoms with E-state index in [-0.39, 0.29) is 18.3 Å². The van der Waals surface area contributed by atoms with Gasteiger partial charge in [0.2, 0.25) is 0 Å². The molecule has 0 aromatic heterocycles. The van der Waals surface area contributed by atoms with E-state index >= 15 is 0 Å². The minimum Gasteiger partial charge on any atom is -0.336 e. The SMILES string of the molecule is Cl.NCc1ccc(C(=O)N2CCN(Cc3ccccc3)CC2)cc1. The van der Waals surface area contributed by atoms with Gasteiger partial charge in [-0.1, -0.05) is 42.5 Å². The Morgan fingerprint density at radius 1 is 0.875 bits per heavy atom. The molecule has 1 saturated heterocycles. The fourth-order valence-electron chi connectivity index (χ4n) is 2.92. The van der Waals surface area contributed by atoms with Crippen LogP contribution in [0.15, 0.2) is 54.6 Å². The van der Waals surface area contributed by atoms with E-state index in [1.54, 1.807) is 0 Å². The summed E-state index contributed by atoms with van der Waals surface area (Å²) in [4.78, 5) is 16.9. The van der Waals surface area contributed by atoms with Gasteiger partial charge in [-0.3, -0.25) is 9.69 Å².